The van der Waals surface area contributed by atoms with E-state index in [1.54, 1.807) is 0 Å². The van der Waals surface area contributed by atoms with Crippen molar-refractivity contribution in [2.24, 2.45) is 0 Å². The van der Waals surface area contributed by atoms with Crippen molar-refractivity contribution in [2.75, 3.05) is 32.0 Å². The number of nitrogens with one attached hydrogen (secondary N) is 3. The molecule has 1 fully saturated rings. The van der Waals surface area contributed by atoms with Gasteiger partial charge in [-0.2, -0.15) is 0 Å². The number of aryl methyl sites for hydroxylation is 2. The maximum Gasteiger partial charge on any atom is 0.325 e. The van der Waals surface area contributed by atoms with Gasteiger partial charge in [0.05, 0.1) is 6.54 Å². The average Bonchev–Trinajstić information content (AvgIpc) is 2.51. The first-order valence-corrected chi connectivity index (χ1v) is 8.05. The number of imide groups is 1. The lowest BCUT2D eigenvalue weighted by molar-refractivity contribution is -0.121. The maximum absolute atomic E-state index is 12.0. The second kappa shape index (κ2) is 9.61. The van der Waals surface area contributed by atoms with Crippen LogP contribution in [0.3, 0.4) is 0 Å². The molecule has 0 aromatic heterocycles. The molecular weight excluding hydrogens is 328 g/mol. The quantitative estimate of drug-likeness (QED) is 0.773. The highest BCUT2D eigenvalue weighted by Gasteiger charge is 2.21. The van der Waals surface area contributed by atoms with Crippen LogP contribution in [0.4, 0.5) is 10.5 Å². The molecule has 24 heavy (non-hydrogen) atoms. The Hall–Kier alpha value is -1.63. The fourth-order valence-electron chi connectivity index (χ4n) is 2.79. The SMILES string of the molecule is CNC1CCCN(CC(=O)NC(=O)Nc2ccc(C)c(C)c2)C1.Cl. The summed E-state index contributed by atoms with van der Waals surface area (Å²) in [5.41, 5.74) is 2.95. The molecule has 0 aliphatic carbocycles. The number of piperidine rings is 1. The maximum atomic E-state index is 12.0. The number of urea groups is 1. The van der Waals surface area contributed by atoms with Crippen molar-refractivity contribution < 1.29 is 9.59 Å². The molecule has 7 heteroatoms. The summed E-state index contributed by atoms with van der Waals surface area (Å²) >= 11 is 0. The van der Waals surface area contributed by atoms with Gasteiger partial charge < -0.3 is 10.6 Å². The summed E-state index contributed by atoms with van der Waals surface area (Å²) in [5, 5.41) is 8.33. The van der Waals surface area contributed by atoms with Gasteiger partial charge in [0, 0.05) is 18.3 Å². The van der Waals surface area contributed by atoms with Crippen LogP contribution in [0, 0.1) is 13.8 Å². The first kappa shape index (κ1) is 20.4. The minimum Gasteiger partial charge on any atom is -0.316 e. The number of hydrogen-bond acceptors (Lipinski definition) is 4. The highest BCUT2D eigenvalue weighted by molar-refractivity contribution is 6.01. The molecule has 0 saturated carbocycles. The van der Waals surface area contributed by atoms with Crippen molar-refractivity contribution in [2.45, 2.75) is 32.7 Å². The Morgan fingerprint density at radius 3 is 2.67 bits per heavy atom. The number of carbonyl (C=O) groups is 2. The van der Waals surface area contributed by atoms with Crippen molar-refractivity contribution in [3.8, 4) is 0 Å². The van der Waals surface area contributed by atoms with Crippen LogP contribution >= 0.6 is 12.4 Å². The fraction of sp³-hybridized carbons (Fsp3) is 0.529. The number of nitrogens with zero attached hydrogens (tertiary/aromatic N) is 1. The normalized spacial score (nSPS) is 17.7. The van der Waals surface area contributed by atoms with Crippen LogP contribution in [-0.2, 0) is 4.79 Å². The van der Waals surface area contributed by atoms with Gasteiger partial charge in [-0.15, -0.1) is 12.4 Å². The largest absolute Gasteiger partial charge is 0.325 e. The Kier molecular flexibility index (Phi) is 8.18. The first-order valence-electron chi connectivity index (χ1n) is 8.05. The zero-order valence-electron chi connectivity index (χ0n) is 14.5. The van der Waals surface area contributed by atoms with Crippen molar-refractivity contribution in [3.05, 3.63) is 29.3 Å². The van der Waals surface area contributed by atoms with E-state index in [4.69, 9.17) is 0 Å². The van der Waals surface area contributed by atoms with E-state index in [9.17, 15) is 9.59 Å². The molecule has 1 aliphatic rings. The van der Waals surface area contributed by atoms with Crippen LogP contribution in [0.15, 0.2) is 18.2 Å². The monoisotopic (exact) mass is 354 g/mol. The van der Waals surface area contributed by atoms with Crippen LogP contribution in [-0.4, -0.2) is 49.6 Å². The molecule has 1 aromatic rings. The molecule has 1 atom stereocenters. The zero-order chi connectivity index (χ0) is 16.8. The second-order valence-corrected chi connectivity index (χ2v) is 6.16. The predicted octanol–water partition coefficient (Wildman–Crippen LogP) is 2.06. The minimum atomic E-state index is -0.486. The van der Waals surface area contributed by atoms with Crippen molar-refractivity contribution >= 4 is 30.0 Å². The van der Waals surface area contributed by atoms with Crippen LogP contribution in [0.2, 0.25) is 0 Å². The second-order valence-electron chi connectivity index (χ2n) is 6.16. The van der Waals surface area contributed by atoms with Gasteiger partial charge in [0.25, 0.3) is 0 Å². The van der Waals surface area contributed by atoms with Crippen LogP contribution in [0.1, 0.15) is 24.0 Å². The summed E-state index contributed by atoms with van der Waals surface area (Å²) in [4.78, 5) is 26.0. The van der Waals surface area contributed by atoms with E-state index in [1.807, 2.05) is 39.1 Å². The molecule has 134 valence electrons. The molecule has 0 spiro atoms. The standard InChI is InChI=1S/C17H26N4O2.ClH/c1-12-6-7-14(9-13(12)2)19-17(23)20-16(22)11-21-8-4-5-15(10-21)18-3;/h6-7,9,15,18H,4-5,8,10-11H2,1-3H3,(H2,19,20,22,23);1H. The van der Waals surface area contributed by atoms with Crippen molar-refractivity contribution in [1.82, 2.24) is 15.5 Å². The smallest absolute Gasteiger partial charge is 0.316 e. The van der Waals surface area contributed by atoms with Gasteiger partial charge in [-0.25, -0.2) is 4.79 Å². The summed E-state index contributed by atoms with van der Waals surface area (Å²) in [6.07, 6.45) is 2.19. The number of halogens is 1. The lowest BCUT2D eigenvalue weighted by Crippen LogP contribution is -2.49. The van der Waals surface area contributed by atoms with Gasteiger partial charge in [-0.1, -0.05) is 6.07 Å². The van der Waals surface area contributed by atoms with Gasteiger partial charge in [0.2, 0.25) is 5.91 Å². The number of likely N-dealkylation sites (tertiary alicyclic amines) is 1. The van der Waals surface area contributed by atoms with Gasteiger partial charge in [-0.05, 0) is 63.5 Å². The molecule has 0 bridgehead atoms. The molecule has 1 heterocycles. The Morgan fingerprint density at radius 2 is 2.00 bits per heavy atom. The third kappa shape index (κ3) is 6.11. The number of benzene rings is 1. The number of anilines is 1. The molecule has 1 aromatic carbocycles. The number of amides is 3. The summed E-state index contributed by atoms with van der Waals surface area (Å²) in [7, 11) is 1.94. The summed E-state index contributed by atoms with van der Waals surface area (Å²) in [6, 6.07) is 5.59. The lowest BCUT2D eigenvalue weighted by Gasteiger charge is -2.31. The van der Waals surface area contributed by atoms with E-state index >= 15 is 0 Å². The molecule has 1 aliphatic heterocycles. The van der Waals surface area contributed by atoms with Crippen molar-refractivity contribution in [1.29, 1.82) is 0 Å². The van der Waals surface area contributed by atoms with Crippen LogP contribution < -0.4 is 16.0 Å². The number of likely N-dealkylation sites (N-methyl/N-ethyl adjacent to an activating group) is 1. The van der Waals surface area contributed by atoms with E-state index in [0.717, 1.165) is 37.1 Å². The number of hydrogen-bond donors (Lipinski definition) is 3. The van der Waals surface area contributed by atoms with E-state index in [0.29, 0.717) is 11.7 Å². The first-order chi connectivity index (χ1) is 11.0. The number of carbonyl (C=O) groups excluding carboxylic acids is 2. The van der Waals surface area contributed by atoms with Gasteiger partial charge in [-0.3, -0.25) is 15.0 Å². The molecule has 3 amide bonds. The van der Waals surface area contributed by atoms with Crippen molar-refractivity contribution in [3.63, 3.8) is 0 Å². The average molecular weight is 355 g/mol. The predicted molar refractivity (Wildman–Crippen MR) is 98.8 cm³/mol. The van der Waals surface area contributed by atoms with E-state index in [-0.39, 0.29) is 24.9 Å². The van der Waals surface area contributed by atoms with Gasteiger partial charge in [0.1, 0.15) is 0 Å². The highest BCUT2D eigenvalue weighted by atomic mass is 35.5. The molecular formula is C17H27ClN4O2. The van der Waals surface area contributed by atoms with Gasteiger partial charge in [0.15, 0.2) is 0 Å². The Labute approximate surface area is 149 Å². The number of rotatable bonds is 4. The lowest BCUT2D eigenvalue weighted by atomic mass is 10.1. The molecule has 2 rings (SSSR count). The third-order valence-electron chi connectivity index (χ3n) is 4.30. The highest BCUT2D eigenvalue weighted by Crippen LogP contribution is 2.14. The summed E-state index contributed by atoms with van der Waals surface area (Å²) in [6.45, 7) is 5.98. The van der Waals surface area contributed by atoms with Crippen LogP contribution in [0.25, 0.3) is 0 Å². The third-order valence-corrected chi connectivity index (χ3v) is 4.30. The topological polar surface area (TPSA) is 73.5 Å². The van der Waals surface area contributed by atoms with E-state index in [2.05, 4.69) is 20.9 Å². The molecule has 0 radical (unpaired) electrons. The molecule has 6 nitrogen and oxygen atoms in total. The Balaban J connectivity index is 0.00000288. The molecule has 1 unspecified atom stereocenters. The molecule has 3 N–H and O–H groups in total. The minimum absolute atomic E-state index is 0. The van der Waals surface area contributed by atoms with Crippen LogP contribution in [0.5, 0.6) is 0 Å². The van der Waals surface area contributed by atoms with Gasteiger partial charge >= 0.3 is 6.03 Å². The Bertz CT molecular complexity index is 580. The summed E-state index contributed by atoms with van der Waals surface area (Å²) < 4.78 is 0. The Morgan fingerprint density at radius 1 is 1.25 bits per heavy atom. The fourth-order valence-corrected chi connectivity index (χ4v) is 2.79. The van der Waals surface area contributed by atoms with E-state index in [1.165, 1.54) is 0 Å². The zero-order valence-corrected chi connectivity index (χ0v) is 15.3. The van der Waals surface area contributed by atoms with E-state index < -0.39 is 6.03 Å². The summed E-state index contributed by atoms with van der Waals surface area (Å²) in [5.74, 6) is -0.275. The molecule has 1 saturated heterocycles.